The van der Waals surface area contributed by atoms with Crippen LogP contribution in [0.15, 0.2) is 12.3 Å². The van der Waals surface area contributed by atoms with Crippen LogP contribution in [0.1, 0.15) is 32.4 Å². The van der Waals surface area contributed by atoms with E-state index in [1.165, 1.54) is 0 Å². The summed E-state index contributed by atoms with van der Waals surface area (Å²) < 4.78 is 38.1. The van der Waals surface area contributed by atoms with Gasteiger partial charge in [0.15, 0.2) is 0 Å². The Morgan fingerprint density at radius 1 is 1.40 bits per heavy atom. The van der Waals surface area contributed by atoms with Crippen LogP contribution in [0.25, 0.3) is 0 Å². The van der Waals surface area contributed by atoms with Crippen LogP contribution >= 0.6 is 0 Å². The molecule has 0 aliphatic carbocycles. The molecule has 0 unspecified atom stereocenters. The number of anilines is 1. The summed E-state index contributed by atoms with van der Waals surface area (Å²) in [5, 5.41) is 10.0. The number of carbonyl (C=O) groups excluding carboxylic acids is 2. The Balaban J connectivity index is 3.00. The maximum Gasteiger partial charge on any atom is 0.433 e. The number of aromatic nitrogens is 2. The van der Waals surface area contributed by atoms with E-state index in [-0.39, 0.29) is 30.4 Å². The Kier molecular flexibility index (Phi) is 7.24. The molecular weight excluding hydrogens is 343 g/mol. The summed E-state index contributed by atoms with van der Waals surface area (Å²) in [6.07, 6.45) is -2.89. The minimum absolute atomic E-state index is 0.122. The van der Waals surface area contributed by atoms with Crippen molar-refractivity contribution in [3.05, 3.63) is 18.0 Å². The normalized spacial score (nSPS) is 12.8. The van der Waals surface area contributed by atoms with Gasteiger partial charge in [0.25, 0.3) is 0 Å². The van der Waals surface area contributed by atoms with Crippen LogP contribution in [-0.2, 0) is 15.8 Å². The zero-order valence-corrected chi connectivity index (χ0v) is 13.8. The highest BCUT2D eigenvalue weighted by molar-refractivity contribution is 5.92. The molecular formula is C14H20F3N5O3. The van der Waals surface area contributed by atoms with Crippen LogP contribution in [0.2, 0.25) is 0 Å². The highest BCUT2D eigenvalue weighted by atomic mass is 19.4. The monoisotopic (exact) mass is 363 g/mol. The minimum Gasteiger partial charge on any atom is -0.286 e. The maximum atomic E-state index is 12.7. The van der Waals surface area contributed by atoms with Crippen molar-refractivity contribution in [2.45, 2.75) is 32.9 Å². The van der Waals surface area contributed by atoms with Gasteiger partial charge in [0.05, 0.1) is 12.5 Å². The lowest BCUT2D eigenvalue weighted by atomic mass is 9.96. The topological polar surface area (TPSA) is 113 Å². The van der Waals surface area contributed by atoms with Crippen molar-refractivity contribution < 1.29 is 28.0 Å². The highest BCUT2D eigenvalue weighted by Crippen LogP contribution is 2.28. The lowest BCUT2D eigenvalue weighted by molar-refractivity contribution is -0.154. The third-order valence-corrected chi connectivity index (χ3v) is 3.36. The molecule has 0 saturated heterocycles. The van der Waals surface area contributed by atoms with Crippen LogP contribution in [0.3, 0.4) is 0 Å². The summed E-state index contributed by atoms with van der Waals surface area (Å²) in [7, 11) is 0. The average molecular weight is 363 g/mol. The molecule has 1 atom stereocenters. The van der Waals surface area contributed by atoms with E-state index >= 15 is 0 Å². The van der Waals surface area contributed by atoms with Crippen molar-refractivity contribution in [1.29, 1.82) is 0 Å². The predicted octanol–water partition coefficient (Wildman–Crippen LogP) is 1.60. The molecule has 140 valence electrons. The maximum absolute atomic E-state index is 12.7. The van der Waals surface area contributed by atoms with E-state index in [0.717, 1.165) is 6.20 Å². The van der Waals surface area contributed by atoms with Gasteiger partial charge in [-0.05, 0) is 18.4 Å². The van der Waals surface area contributed by atoms with Gasteiger partial charge < -0.3 is 0 Å². The van der Waals surface area contributed by atoms with E-state index in [0.29, 0.717) is 17.5 Å². The SMILES string of the molecule is CC(C)CC[C@H](CN(O)C=O)C(=O)N(N)c1nccc(C(F)(F)F)n1. The van der Waals surface area contributed by atoms with Crippen LogP contribution in [0.4, 0.5) is 19.1 Å². The Bertz CT molecular complexity index is 597. The molecule has 11 heteroatoms. The van der Waals surface area contributed by atoms with E-state index in [9.17, 15) is 28.0 Å². The summed E-state index contributed by atoms with van der Waals surface area (Å²) in [5.41, 5.74) is -1.24. The van der Waals surface area contributed by atoms with Crippen molar-refractivity contribution in [2.75, 3.05) is 11.6 Å². The zero-order chi connectivity index (χ0) is 19.2. The average Bonchev–Trinajstić information content (AvgIpc) is 2.56. The van der Waals surface area contributed by atoms with E-state index < -0.39 is 29.6 Å². The summed E-state index contributed by atoms with van der Waals surface area (Å²) in [4.78, 5) is 29.8. The molecule has 8 nitrogen and oxygen atoms in total. The van der Waals surface area contributed by atoms with Gasteiger partial charge >= 0.3 is 6.18 Å². The third-order valence-electron chi connectivity index (χ3n) is 3.36. The van der Waals surface area contributed by atoms with E-state index in [2.05, 4.69) is 9.97 Å². The second-order valence-corrected chi connectivity index (χ2v) is 5.84. The molecule has 0 aliphatic rings. The van der Waals surface area contributed by atoms with Crippen molar-refractivity contribution in [2.24, 2.45) is 17.7 Å². The number of halogens is 3. The van der Waals surface area contributed by atoms with Crippen LogP contribution in [0.5, 0.6) is 0 Å². The Morgan fingerprint density at radius 2 is 2.04 bits per heavy atom. The molecule has 0 radical (unpaired) electrons. The zero-order valence-electron chi connectivity index (χ0n) is 13.8. The van der Waals surface area contributed by atoms with Crippen molar-refractivity contribution >= 4 is 18.3 Å². The van der Waals surface area contributed by atoms with Gasteiger partial charge in [-0.15, -0.1) is 0 Å². The molecule has 0 bridgehead atoms. The summed E-state index contributed by atoms with van der Waals surface area (Å²) in [6.45, 7) is 3.48. The molecule has 0 spiro atoms. The summed E-state index contributed by atoms with van der Waals surface area (Å²) >= 11 is 0. The summed E-state index contributed by atoms with van der Waals surface area (Å²) in [6, 6.07) is 0.653. The smallest absolute Gasteiger partial charge is 0.286 e. The lowest BCUT2D eigenvalue weighted by Gasteiger charge is -2.24. The fourth-order valence-electron chi connectivity index (χ4n) is 2.01. The molecule has 0 aromatic carbocycles. The number of hydrogen-bond acceptors (Lipinski definition) is 6. The predicted molar refractivity (Wildman–Crippen MR) is 80.8 cm³/mol. The number of hydrogen-bond donors (Lipinski definition) is 2. The number of alkyl halides is 3. The number of rotatable bonds is 8. The number of amides is 2. The second kappa shape index (κ2) is 8.72. The Morgan fingerprint density at radius 3 is 2.56 bits per heavy atom. The molecule has 1 aromatic heterocycles. The van der Waals surface area contributed by atoms with E-state index in [1.54, 1.807) is 0 Å². The van der Waals surface area contributed by atoms with Crippen molar-refractivity contribution in [1.82, 2.24) is 15.0 Å². The van der Waals surface area contributed by atoms with Gasteiger partial charge in [0.1, 0.15) is 5.69 Å². The Labute approximate surface area is 142 Å². The number of carbonyl (C=O) groups is 2. The Hall–Kier alpha value is -2.27. The molecule has 2 amide bonds. The van der Waals surface area contributed by atoms with E-state index in [1.807, 2.05) is 13.8 Å². The second-order valence-electron chi connectivity index (χ2n) is 5.84. The standard InChI is InChI=1S/C14H20F3N5O3/c1-9(2)3-4-10(7-21(25)8-23)12(24)22(18)13-19-6-5-11(20-13)14(15,16)17/h5-6,8-10,25H,3-4,7,18H2,1-2H3/t10-/m1/s1. The molecule has 0 fully saturated rings. The van der Waals surface area contributed by atoms with Gasteiger partial charge in [-0.3, -0.25) is 14.8 Å². The molecule has 1 aromatic rings. The molecule has 0 aliphatic heterocycles. The van der Waals surface area contributed by atoms with Gasteiger partial charge in [-0.2, -0.15) is 13.2 Å². The fraction of sp³-hybridized carbons (Fsp3) is 0.571. The molecule has 0 saturated carbocycles. The van der Waals surface area contributed by atoms with Gasteiger partial charge in [-0.25, -0.2) is 25.9 Å². The first-order chi connectivity index (χ1) is 11.6. The van der Waals surface area contributed by atoms with Gasteiger partial charge in [-0.1, -0.05) is 20.3 Å². The quantitative estimate of drug-likeness (QED) is 0.238. The number of nitrogens with zero attached hydrogens (tertiary/aromatic N) is 4. The van der Waals surface area contributed by atoms with Crippen LogP contribution in [-0.4, -0.2) is 39.1 Å². The molecule has 1 rings (SSSR count). The van der Waals surface area contributed by atoms with Crippen LogP contribution in [0, 0.1) is 11.8 Å². The van der Waals surface area contributed by atoms with Gasteiger partial charge in [0, 0.05) is 6.20 Å². The number of nitrogens with two attached hydrogens (primary N) is 1. The third kappa shape index (κ3) is 6.27. The van der Waals surface area contributed by atoms with Gasteiger partial charge in [0.2, 0.25) is 18.3 Å². The number of hydroxylamine groups is 2. The first kappa shape index (κ1) is 20.8. The largest absolute Gasteiger partial charge is 0.433 e. The first-order valence-corrected chi connectivity index (χ1v) is 7.46. The van der Waals surface area contributed by atoms with Crippen molar-refractivity contribution in [3.63, 3.8) is 0 Å². The number of hydrazine groups is 1. The fourth-order valence-corrected chi connectivity index (χ4v) is 2.01. The summed E-state index contributed by atoms with van der Waals surface area (Å²) in [5.74, 6) is 3.47. The van der Waals surface area contributed by atoms with Crippen molar-refractivity contribution in [3.8, 4) is 0 Å². The molecule has 3 N–H and O–H groups in total. The van der Waals surface area contributed by atoms with E-state index in [4.69, 9.17) is 5.84 Å². The molecule has 1 heterocycles. The first-order valence-electron chi connectivity index (χ1n) is 7.46. The molecule has 25 heavy (non-hydrogen) atoms. The minimum atomic E-state index is -4.71. The highest BCUT2D eigenvalue weighted by Gasteiger charge is 2.34. The lowest BCUT2D eigenvalue weighted by Crippen LogP contribution is -2.46. The van der Waals surface area contributed by atoms with Crippen LogP contribution < -0.4 is 10.9 Å².